The Hall–Kier alpha value is -1.85. The van der Waals surface area contributed by atoms with Gasteiger partial charge in [-0.1, -0.05) is 46.3 Å². The minimum Gasteiger partial charge on any atom is -0.268 e. The lowest BCUT2D eigenvalue weighted by Crippen LogP contribution is -2.27. The molecule has 1 fully saturated rings. The molecule has 3 rings (SSSR count). The van der Waals surface area contributed by atoms with Crippen molar-refractivity contribution in [3.8, 4) is 0 Å². The minimum absolute atomic E-state index is 0.271. The molecule has 0 atom stereocenters. The molecule has 1 heterocycles. The number of para-hydroxylation sites is 1. The molecule has 0 N–H and O–H groups in total. The van der Waals surface area contributed by atoms with Crippen LogP contribution in [0.4, 0.5) is 10.5 Å². The molecule has 21 heavy (non-hydrogen) atoms. The second-order valence-electron chi connectivity index (χ2n) is 4.41. The van der Waals surface area contributed by atoms with Crippen molar-refractivity contribution in [1.82, 2.24) is 0 Å². The lowest BCUT2D eigenvalue weighted by molar-refractivity contribution is -0.113. The quantitative estimate of drug-likeness (QED) is 0.729. The van der Waals surface area contributed by atoms with E-state index in [9.17, 15) is 9.59 Å². The number of amides is 2. The summed E-state index contributed by atoms with van der Waals surface area (Å²) >= 11 is 4.35. The average Bonchev–Trinajstić information content (AvgIpc) is 2.74. The Morgan fingerprint density at radius 3 is 2.48 bits per heavy atom. The fourth-order valence-corrected chi connectivity index (χ4v) is 3.27. The summed E-state index contributed by atoms with van der Waals surface area (Å²) in [7, 11) is 0. The van der Waals surface area contributed by atoms with Gasteiger partial charge in [0.15, 0.2) is 0 Å². The van der Waals surface area contributed by atoms with E-state index >= 15 is 0 Å². The summed E-state index contributed by atoms with van der Waals surface area (Å²) in [5.41, 5.74) is 1.47. The summed E-state index contributed by atoms with van der Waals surface area (Å²) in [6.45, 7) is 0. The topological polar surface area (TPSA) is 37.4 Å². The molecule has 5 heteroatoms. The largest absolute Gasteiger partial charge is 0.298 e. The van der Waals surface area contributed by atoms with Crippen molar-refractivity contribution in [3.05, 3.63) is 69.5 Å². The van der Waals surface area contributed by atoms with Crippen molar-refractivity contribution >= 4 is 50.6 Å². The lowest BCUT2D eigenvalue weighted by Gasteiger charge is -2.11. The third-order valence-corrected chi connectivity index (χ3v) is 4.32. The molecule has 0 aromatic heterocycles. The number of hydrogen-bond acceptors (Lipinski definition) is 3. The fraction of sp³-hybridized carbons (Fsp3) is 0. The van der Waals surface area contributed by atoms with Crippen LogP contribution in [-0.4, -0.2) is 11.1 Å². The van der Waals surface area contributed by atoms with Crippen LogP contribution in [0.2, 0.25) is 0 Å². The Morgan fingerprint density at radius 2 is 1.76 bits per heavy atom. The highest BCUT2D eigenvalue weighted by Gasteiger charge is 2.36. The standard InChI is InChI=1S/C16H10BrNO2S/c17-12-6-4-5-11(9-12)10-14-15(19)18(16(20)21-14)13-7-2-1-3-8-13/h1-10H/b14-10+. The number of anilines is 1. The van der Waals surface area contributed by atoms with Crippen LogP contribution in [0.15, 0.2) is 64.0 Å². The van der Waals surface area contributed by atoms with Gasteiger partial charge in [-0.2, -0.15) is 0 Å². The number of hydrogen-bond donors (Lipinski definition) is 0. The predicted octanol–water partition coefficient (Wildman–Crippen LogP) is 4.69. The molecule has 0 unspecified atom stereocenters. The molecule has 2 aromatic rings. The highest BCUT2D eigenvalue weighted by Crippen LogP contribution is 2.35. The Balaban J connectivity index is 1.94. The van der Waals surface area contributed by atoms with E-state index in [1.807, 2.05) is 30.3 Å². The van der Waals surface area contributed by atoms with E-state index in [0.717, 1.165) is 21.8 Å². The maximum absolute atomic E-state index is 12.4. The number of halogens is 1. The zero-order chi connectivity index (χ0) is 14.8. The average molecular weight is 360 g/mol. The summed E-state index contributed by atoms with van der Waals surface area (Å²) in [4.78, 5) is 26.1. The number of nitrogens with zero attached hydrogens (tertiary/aromatic N) is 1. The van der Waals surface area contributed by atoms with E-state index in [1.54, 1.807) is 30.3 Å². The molecule has 0 radical (unpaired) electrons. The number of rotatable bonds is 2. The van der Waals surface area contributed by atoms with Gasteiger partial charge in [-0.3, -0.25) is 9.59 Å². The predicted molar refractivity (Wildman–Crippen MR) is 89.0 cm³/mol. The third kappa shape index (κ3) is 2.94. The summed E-state index contributed by atoms with van der Waals surface area (Å²) < 4.78 is 0.929. The number of benzene rings is 2. The van der Waals surface area contributed by atoms with E-state index in [2.05, 4.69) is 15.9 Å². The summed E-state index contributed by atoms with van der Waals surface area (Å²) in [6, 6.07) is 16.5. The van der Waals surface area contributed by atoms with E-state index in [4.69, 9.17) is 0 Å². The van der Waals surface area contributed by atoms with Gasteiger partial charge in [0.1, 0.15) is 0 Å². The van der Waals surface area contributed by atoms with Crippen LogP contribution < -0.4 is 4.90 Å². The van der Waals surface area contributed by atoms with E-state index in [0.29, 0.717) is 10.6 Å². The first-order chi connectivity index (χ1) is 10.1. The Morgan fingerprint density at radius 1 is 1.00 bits per heavy atom. The maximum atomic E-state index is 12.4. The molecule has 1 saturated heterocycles. The monoisotopic (exact) mass is 359 g/mol. The first-order valence-electron chi connectivity index (χ1n) is 6.24. The zero-order valence-electron chi connectivity index (χ0n) is 10.8. The molecular weight excluding hydrogens is 350 g/mol. The molecule has 2 amide bonds. The second-order valence-corrected chi connectivity index (χ2v) is 6.32. The number of carbonyl (C=O) groups excluding carboxylic acids is 2. The maximum Gasteiger partial charge on any atom is 0.298 e. The third-order valence-electron chi connectivity index (χ3n) is 2.95. The molecule has 0 bridgehead atoms. The fourth-order valence-electron chi connectivity index (χ4n) is 2.02. The van der Waals surface area contributed by atoms with Crippen molar-refractivity contribution < 1.29 is 9.59 Å². The van der Waals surface area contributed by atoms with Gasteiger partial charge in [-0.25, -0.2) is 4.90 Å². The van der Waals surface area contributed by atoms with Gasteiger partial charge in [0, 0.05) is 4.47 Å². The molecule has 0 spiro atoms. The zero-order valence-corrected chi connectivity index (χ0v) is 13.2. The molecular formula is C16H10BrNO2S. The van der Waals surface area contributed by atoms with Crippen LogP contribution in [0.3, 0.4) is 0 Å². The van der Waals surface area contributed by atoms with Crippen molar-refractivity contribution in [1.29, 1.82) is 0 Å². The Kier molecular flexibility index (Phi) is 3.94. The number of imide groups is 1. The lowest BCUT2D eigenvalue weighted by atomic mass is 10.2. The Bertz CT molecular complexity index is 743. The van der Waals surface area contributed by atoms with Crippen LogP contribution in [0, 0.1) is 0 Å². The van der Waals surface area contributed by atoms with Gasteiger partial charge >= 0.3 is 0 Å². The molecule has 104 valence electrons. The molecule has 3 nitrogen and oxygen atoms in total. The molecule has 2 aromatic carbocycles. The SMILES string of the molecule is O=C1S/C(=C/c2cccc(Br)c2)C(=O)N1c1ccccc1. The molecule has 0 aliphatic carbocycles. The van der Waals surface area contributed by atoms with Crippen LogP contribution in [0.1, 0.15) is 5.56 Å². The van der Waals surface area contributed by atoms with Gasteiger partial charge in [0.2, 0.25) is 0 Å². The van der Waals surface area contributed by atoms with Gasteiger partial charge in [0.25, 0.3) is 11.1 Å². The Labute approximate surface area is 134 Å². The van der Waals surface area contributed by atoms with Gasteiger partial charge in [0.05, 0.1) is 10.6 Å². The van der Waals surface area contributed by atoms with Crippen LogP contribution in [-0.2, 0) is 4.79 Å². The second kappa shape index (κ2) is 5.87. The van der Waals surface area contributed by atoms with Crippen LogP contribution in [0.5, 0.6) is 0 Å². The molecule has 0 saturated carbocycles. The van der Waals surface area contributed by atoms with Crippen molar-refractivity contribution in [2.45, 2.75) is 0 Å². The van der Waals surface area contributed by atoms with Gasteiger partial charge in [-0.15, -0.1) is 0 Å². The smallest absolute Gasteiger partial charge is 0.268 e. The summed E-state index contributed by atoms with van der Waals surface area (Å²) in [5, 5.41) is -0.271. The van der Waals surface area contributed by atoms with Crippen LogP contribution in [0.25, 0.3) is 6.08 Å². The first kappa shape index (κ1) is 14.1. The van der Waals surface area contributed by atoms with Crippen molar-refractivity contribution in [3.63, 3.8) is 0 Å². The highest BCUT2D eigenvalue weighted by atomic mass is 79.9. The van der Waals surface area contributed by atoms with Gasteiger partial charge < -0.3 is 0 Å². The normalized spacial score (nSPS) is 16.8. The summed E-state index contributed by atoms with van der Waals surface area (Å²) in [6.07, 6.45) is 1.73. The van der Waals surface area contributed by atoms with E-state index in [1.165, 1.54) is 4.90 Å². The van der Waals surface area contributed by atoms with E-state index < -0.39 is 0 Å². The minimum atomic E-state index is -0.281. The van der Waals surface area contributed by atoms with Crippen LogP contribution >= 0.6 is 27.7 Å². The molecule has 1 aliphatic rings. The van der Waals surface area contributed by atoms with Crippen molar-refractivity contribution in [2.24, 2.45) is 0 Å². The highest BCUT2D eigenvalue weighted by molar-refractivity contribution is 9.10. The number of carbonyl (C=O) groups is 2. The molecule has 1 aliphatic heterocycles. The van der Waals surface area contributed by atoms with Gasteiger partial charge in [-0.05, 0) is 47.7 Å². The first-order valence-corrected chi connectivity index (χ1v) is 7.85. The van der Waals surface area contributed by atoms with E-state index in [-0.39, 0.29) is 11.1 Å². The van der Waals surface area contributed by atoms with Crippen molar-refractivity contribution in [2.75, 3.05) is 4.90 Å². The number of thioether (sulfide) groups is 1. The summed E-state index contributed by atoms with van der Waals surface area (Å²) in [5.74, 6) is -0.281.